The number of thioether (sulfide) groups is 1. The van der Waals surface area contributed by atoms with E-state index < -0.39 is 26.7 Å². The maximum absolute atomic E-state index is 13.1. The van der Waals surface area contributed by atoms with Crippen LogP contribution >= 0.6 is 11.8 Å². The minimum absolute atomic E-state index is 0.100. The van der Waals surface area contributed by atoms with Crippen molar-refractivity contribution in [2.75, 3.05) is 24.2 Å². The van der Waals surface area contributed by atoms with Crippen molar-refractivity contribution in [1.29, 1.82) is 0 Å². The van der Waals surface area contributed by atoms with E-state index in [1.54, 1.807) is 38.4 Å². The number of sulfonamides is 1. The lowest BCUT2D eigenvalue weighted by Gasteiger charge is -2.43. The van der Waals surface area contributed by atoms with Crippen LogP contribution in [0.5, 0.6) is 0 Å². The Morgan fingerprint density at radius 3 is 2.62 bits per heavy atom. The van der Waals surface area contributed by atoms with Crippen LogP contribution in [0, 0.1) is 11.8 Å². The summed E-state index contributed by atoms with van der Waals surface area (Å²) in [4.78, 5) is 12.3. The molecule has 0 aliphatic carbocycles. The molecule has 7 nitrogen and oxygen atoms in total. The fourth-order valence-corrected chi connectivity index (χ4v) is 5.94. The molecule has 3 N–H and O–H groups in total. The Bertz CT molecular complexity index is 811. The van der Waals surface area contributed by atoms with Gasteiger partial charge in [-0.1, -0.05) is 5.92 Å². The zero-order chi connectivity index (χ0) is 19.4. The van der Waals surface area contributed by atoms with Crippen LogP contribution in [0.25, 0.3) is 0 Å². The molecule has 1 aliphatic rings. The van der Waals surface area contributed by atoms with Crippen LogP contribution in [0.3, 0.4) is 0 Å². The largest absolute Gasteiger partial charge is 0.374 e. The second-order valence-electron chi connectivity index (χ2n) is 6.25. The number of nitrogens with zero attached hydrogens (tertiary/aromatic N) is 1. The van der Waals surface area contributed by atoms with Gasteiger partial charge in [0.2, 0.25) is 10.0 Å². The summed E-state index contributed by atoms with van der Waals surface area (Å²) in [5.74, 6) is 5.47. The van der Waals surface area contributed by atoms with E-state index in [0.29, 0.717) is 12.3 Å². The van der Waals surface area contributed by atoms with Crippen molar-refractivity contribution < 1.29 is 18.4 Å². The third-order valence-corrected chi connectivity index (χ3v) is 7.34. The molecule has 1 aromatic carbocycles. The molecule has 1 saturated heterocycles. The lowest BCUT2D eigenvalue weighted by molar-refractivity contribution is -0.134. The first kappa shape index (κ1) is 20.6. The molecule has 0 radical (unpaired) electrons. The molecule has 1 amide bonds. The summed E-state index contributed by atoms with van der Waals surface area (Å²) in [5, 5.41) is 12.1. The first-order chi connectivity index (χ1) is 12.2. The molecule has 0 bridgehead atoms. The van der Waals surface area contributed by atoms with E-state index in [4.69, 9.17) is 5.21 Å². The van der Waals surface area contributed by atoms with Gasteiger partial charge in [0.15, 0.2) is 0 Å². The SMILES string of the molecule is CC#CCNc1ccc(S(=O)(=O)N2CCSC(C)(C)[C@@H]2C(=O)NO)cc1. The van der Waals surface area contributed by atoms with Gasteiger partial charge in [0.05, 0.1) is 11.4 Å². The molecule has 1 aromatic rings. The van der Waals surface area contributed by atoms with Crippen LogP contribution in [0.2, 0.25) is 0 Å². The monoisotopic (exact) mass is 397 g/mol. The number of hydrogen-bond acceptors (Lipinski definition) is 6. The number of nitrogens with one attached hydrogen (secondary N) is 2. The Morgan fingerprint density at radius 1 is 1.38 bits per heavy atom. The zero-order valence-corrected chi connectivity index (χ0v) is 16.6. The first-order valence-corrected chi connectivity index (χ1v) is 10.5. The van der Waals surface area contributed by atoms with Crippen molar-refractivity contribution in [3.8, 4) is 11.8 Å². The average Bonchev–Trinajstić information content (AvgIpc) is 2.61. The zero-order valence-electron chi connectivity index (χ0n) is 14.9. The highest BCUT2D eigenvalue weighted by molar-refractivity contribution is 8.00. The molecule has 1 atom stereocenters. The quantitative estimate of drug-likeness (QED) is 0.396. The van der Waals surface area contributed by atoms with Crippen molar-refractivity contribution in [3.63, 3.8) is 0 Å². The normalized spacial score (nSPS) is 19.9. The molecular formula is C17H23N3O4S2. The van der Waals surface area contributed by atoms with Gasteiger partial charge in [-0.2, -0.15) is 16.1 Å². The Hall–Kier alpha value is -1.73. The van der Waals surface area contributed by atoms with Gasteiger partial charge in [0.25, 0.3) is 5.91 Å². The van der Waals surface area contributed by atoms with Gasteiger partial charge in [-0.15, -0.1) is 5.92 Å². The van der Waals surface area contributed by atoms with E-state index in [0.717, 1.165) is 5.69 Å². The number of amides is 1. The van der Waals surface area contributed by atoms with Crippen LogP contribution in [0.1, 0.15) is 20.8 Å². The molecule has 0 aromatic heterocycles. The fourth-order valence-electron chi connectivity index (χ4n) is 2.83. The first-order valence-electron chi connectivity index (χ1n) is 8.07. The van der Waals surface area contributed by atoms with Crippen LogP contribution in [-0.4, -0.2) is 53.5 Å². The smallest absolute Gasteiger partial charge is 0.263 e. The summed E-state index contributed by atoms with van der Waals surface area (Å²) in [6.45, 7) is 6.00. The molecule has 142 valence electrons. The minimum atomic E-state index is -3.89. The van der Waals surface area contributed by atoms with Crippen LogP contribution < -0.4 is 10.8 Å². The van der Waals surface area contributed by atoms with Crippen molar-refractivity contribution in [2.45, 2.75) is 36.5 Å². The summed E-state index contributed by atoms with van der Waals surface area (Å²) in [6.07, 6.45) is 0. The summed E-state index contributed by atoms with van der Waals surface area (Å²) in [7, 11) is -3.89. The predicted molar refractivity (Wildman–Crippen MR) is 103 cm³/mol. The Morgan fingerprint density at radius 2 is 2.04 bits per heavy atom. The van der Waals surface area contributed by atoms with Gasteiger partial charge in [0.1, 0.15) is 6.04 Å². The second kappa shape index (κ2) is 8.31. The Labute approximate surface area is 158 Å². The van der Waals surface area contributed by atoms with E-state index in [1.807, 2.05) is 0 Å². The van der Waals surface area contributed by atoms with Gasteiger partial charge >= 0.3 is 0 Å². The van der Waals surface area contributed by atoms with Crippen molar-refractivity contribution in [3.05, 3.63) is 24.3 Å². The summed E-state index contributed by atoms with van der Waals surface area (Å²) < 4.78 is 26.7. The van der Waals surface area contributed by atoms with Crippen LogP contribution in [-0.2, 0) is 14.8 Å². The highest BCUT2D eigenvalue weighted by atomic mass is 32.2. The van der Waals surface area contributed by atoms with Gasteiger partial charge in [0, 0.05) is 22.7 Å². The molecule has 9 heteroatoms. The molecule has 1 fully saturated rings. The Kier molecular flexibility index (Phi) is 6.58. The van der Waals surface area contributed by atoms with E-state index in [-0.39, 0.29) is 11.4 Å². The molecule has 0 unspecified atom stereocenters. The molecule has 2 rings (SSSR count). The minimum Gasteiger partial charge on any atom is -0.374 e. The molecule has 1 aliphatic heterocycles. The number of rotatable bonds is 5. The number of hydroxylamine groups is 1. The van der Waals surface area contributed by atoms with Gasteiger partial charge in [-0.25, -0.2) is 13.9 Å². The van der Waals surface area contributed by atoms with Crippen molar-refractivity contribution >= 4 is 33.4 Å². The number of anilines is 1. The molecule has 1 heterocycles. The van der Waals surface area contributed by atoms with Crippen LogP contribution in [0.4, 0.5) is 5.69 Å². The molecule has 0 saturated carbocycles. The molecular weight excluding hydrogens is 374 g/mol. The number of hydrogen-bond donors (Lipinski definition) is 3. The lowest BCUT2D eigenvalue weighted by Crippen LogP contribution is -2.61. The standard InChI is InChI=1S/C17H23N3O4S2/c1-4-5-10-18-13-6-8-14(9-7-13)26(23,24)20-11-12-25-17(2,3)15(20)16(21)19-22/h6-9,15,18,22H,10-12H2,1-3H3,(H,19,21)/t15-/m0/s1. The van der Waals surface area contributed by atoms with E-state index in [9.17, 15) is 13.2 Å². The number of carbonyl (C=O) groups is 1. The van der Waals surface area contributed by atoms with Gasteiger partial charge in [-0.05, 0) is 45.0 Å². The van der Waals surface area contributed by atoms with Crippen molar-refractivity contribution in [1.82, 2.24) is 9.79 Å². The topological polar surface area (TPSA) is 98.7 Å². The fraction of sp³-hybridized carbons (Fsp3) is 0.471. The van der Waals surface area contributed by atoms with E-state index in [2.05, 4.69) is 17.2 Å². The summed E-state index contributed by atoms with van der Waals surface area (Å²) >= 11 is 1.50. The number of carbonyl (C=O) groups excluding carboxylic acids is 1. The summed E-state index contributed by atoms with van der Waals surface area (Å²) in [6, 6.07) is 5.32. The third-order valence-electron chi connectivity index (χ3n) is 4.11. The van der Waals surface area contributed by atoms with Crippen molar-refractivity contribution in [2.24, 2.45) is 0 Å². The maximum atomic E-state index is 13.1. The average molecular weight is 398 g/mol. The highest BCUT2D eigenvalue weighted by Crippen LogP contribution is 2.38. The van der Waals surface area contributed by atoms with E-state index >= 15 is 0 Å². The molecule has 0 spiro atoms. The summed E-state index contributed by atoms with van der Waals surface area (Å²) in [5.41, 5.74) is 2.36. The Balaban J connectivity index is 2.31. The third kappa shape index (κ3) is 4.32. The molecule has 26 heavy (non-hydrogen) atoms. The number of benzene rings is 1. The second-order valence-corrected chi connectivity index (χ2v) is 9.89. The lowest BCUT2D eigenvalue weighted by atomic mass is 10.0. The van der Waals surface area contributed by atoms with Crippen LogP contribution in [0.15, 0.2) is 29.2 Å². The van der Waals surface area contributed by atoms with Gasteiger partial charge < -0.3 is 5.32 Å². The van der Waals surface area contributed by atoms with E-state index in [1.165, 1.54) is 28.2 Å². The van der Waals surface area contributed by atoms with Gasteiger partial charge in [-0.3, -0.25) is 10.0 Å². The predicted octanol–water partition coefficient (Wildman–Crippen LogP) is 1.51. The maximum Gasteiger partial charge on any atom is 0.263 e. The highest BCUT2D eigenvalue weighted by Gasteiger charge is 2.48.